The number of nitrogens with zero attached hydrogens (tertiary/aromatic N) is 1. The molecule has 0 N–H and O–H groups in total. The molecule has 15 heavy (non-hydrogen) atoms. The molecule has 1 aliphatic rings. The van der Waals surface area contributed by atoms with Crippen LogP contribution in [0.2, 0.25) is 0 Å². The summed E-state index contributed by atoms with van der Waals surface area (Å²) in [6.07, 6.45) is 5.73. The van der Waals surface area contributed by atoms with Crippen LogP contribution in [0.3, 0.4) is 0 Å². The lowest BCUT2D eigenvalue weighted by atomic mass is 9.81. The average Bonchev–Trinajstić information content (AvgIpc) is 2.26. The normalized spacial score (nSPS) is 22.2. The van der Waals surface area contributed by atoms with E-state index < -0.39 is 0 Å². The second kappa shape index (κ2) is 6.52. The average molecular weight is 211 g/mol. The molecule has 0 aromatic heterocycles. The molecular formula is C14H29N. The summed E-state index contributed by atoms with van der Waals surface area (Å²) in [5.74, 6) is 2.85. The van der Waals surface area contributed by atoms with Gasteiger partial charge in [0.2, 0.25) is 0 Å². The summed E-state index contributed by atoms with van der Waals surface area (Å²) < 4.78 is 0. The van der Waals surface area contributed by atoms with Gasteiger partial charge in [-0.05, 0) is 56.7 Å². The minimum atomic E-state index is 0.874. The number of piperidine rings is 1. The van der Waals surface area contributed by atoms with E-state index in [9.17, 15) is 0 Å². The highest BCUT2D eigenvalue weighted by Crippen LogP contribution is 2.29. The Kier molecular flexibility index (Phi) is 5.66. The third-order valence-electron chi connectivity index (χ3n) is 4.26. The SMILES string of the molecule is CC[C@@H](CC1CCN(CC)CC1)C(C)C. The van der Waals surface area contributed by atoms with Gasteiger partial charge in [0.1, 0.15) is 0 Å². The van der Waals surface area contributed by atoms with Crippen molar-refractivity contribution in [2.24, 2.45) is 17.8 Å². The number of likely N-dealkylation sites (tertiary alicyclic amines) is 1. The molecule has 0 unspecified atom stereocenters. The first-order chi connectivity index (χ1) is 7.17. The lowest BCUT2D eigenvalue weighted by Gasteiger charge is -2.33. The Morgan fingerprint density at radius 1 is 1.13 bits per heavy atom. The van der Waals surface area contributed by atoms with Crippen LogP contribution in [0.25, 0.3) is 0 Å². The maximum atomic E-state index is 2.59. The second-order valence-corrected chi connectivity index (χ2v) is 5.53. The zero-order valence-corrected chi connectivity index (χ0v) is 11.1. The fraction of sp³-hybridized carbons (Fsp3) is 1.00. The molecule has 0 aliphatic carbocycles. The van der Waals surface area contributed by atoms with E-state index in [-0.39, 0.29) is 0 Å². The van der Waals surface area contributed by atoms with Crippen molar-refractivity contribution < 1.29 is 0 Å². The molecule has 1 nitrogen and oxygen atoms in total. The molecule has 0 bridgehead atoms. The van der Waals surface area contributed by atoms with Gasteiger partial charge in [-0.1, -0.05) is 34.1 Å². The van der Waals surface area contributed by atoms with E-state index in [1.165, 1.54) is 45.3 Å². The minimum Gasteiger partial charge on any atom is -0.304 e. The Labute approximate surface area is 96.2 Å². The number of hydrogen-bond acceptors (Lipinski definition) is 1. The van der Waals surface area contributed by atoms with Gasteiger partial charge >= 0.3 is 0 Å². The highest BCUT2D eigenvalue weighted by molar-refractivity contribution is 4.75. The van der Waals surface area contributed by atoms with Crippen molar-refractivity contribution in [1.29, 1.82) is 0 Å². The Morgan fingerprint density at radius 3 is 2.13 bits per heavy atom. The highest BCUT2D eigenvalue weighted by atomic mass is 15.1. The first-order valence-corrected chi connectivity index (χ1v) is 6.89. The Hall–Kier alpha value is -0.0400. The molecule has 0 aromatic rings. The molecule has 1 rings (SSSR count). The van der Waals surface area contributed by atoms with E-state index in [0.29, 0.717) is 0 Å². The quantitative estimate of drug-likeness (QED) is 0.669. The molecule has 0 saturated carbocycles. The number of hydrogen-bond donors (Lipinski definition) is 0. The van der Waals surface area contributed by atoms with Crippen LogP contribution < -0.4 is 0 Å². The topological polar surface area (TPSA) is 3.24 Å². The lowest BCUT2D eigenvalue weighted by Crippen LogP contribution is -2.34. The molecular weight excluding hydrogens is 182 g/mol. The third-order valence-corrected chi connectivity index (χ3v) is 4.26. The van der Waals surface area contributed by atoms with Crippen LogP contribution >= 0.6 is 0 Å². The smallest absolute Gasteiger partial charge is 0.00162 e. The van der Waals surface area contributed by atoms with Gasteiger partial charge in [-0.25, -0.2) is 0 Å². The van der Waals surface area contributed by atoms with E-state index >= 15 is 0 Å². The van der Waals surface area contributed by atoms with Gasteiger partial charge < -0.3 is 4.90 Å². The molecule has 1 aliphatic heterocycles. The standard InChI is InChI=1S/C14H29N/c1-5-14(12(3)4)11-13-7-9-15(6-2)10-8-13/h12-14H,5-11H2,1-4H3/t14-/m0/s1. The monoisotopic (exact) mass is 211 g/mol. The zero-order valence-electron chi connectivity index (χ0n) is 11.1. The molecule has 1 fully saturated rings. The van der Waals surface area contributed by atoms with Gasteiger partial charge in [0.25, 0.3) is 0 Å². The van der Waals surface area contributed by atoms with Gasteiger partial charge in [0.05, 0.1) is 0 Å². The molecule has 1 atom stereocenters. The Bertz CT molecular complexity index is 157. The van der Waals surface area contributed by atoms with Gasteiger partial charge in [-0.3, -0.25) is 0 Å². The van der Waals surface area contributed by atoms with Crippen molar-refractivity contribution in [1.82, 2.24) is 4.90 Å². The van der Waals surface area contributed by atoms with Gasteiger partial charge in [-0.15, -0.1) is 0 Å². The van der Waals surface area contributed by atoms with Crippen molar-refractivity contribution in [2.45, 2.75) is 53.4 Å². The summed E-state index contributed by atoms with van der Waals surface area (Å²) in [4.78, 5) is 2.59. The second-order valence-electron chi connectivity index (χ2n) is 5.53. The van der Waals surface area contributed by atoms with Gasteiger partial charge in [-0.2, -0.15) is 0 Å². The summed E-state index contributed by atoms with van der Waals surface area (Å²) >= 11 is 0. The maximum Gasteiger partial charge on any atom is -0.00162 e. The third kappa shape index (κ3) is 4.14. The first-order valence-electron chi connectivity index (χ1n) is 6.89. The van der Waals surface area contributed by atoms with Crippen LogP contribution in [-0.4, -0.2) is 24.5 Å². The van der Waals surface area contributed by atoms with Gasteiger partial charge in [0, 0.05) is 0 Å². The predicted molar refractivity (Wildman–Crippen MR) is 68.1 cm³/mol. The molecule has 0 radical (unpaired) electrons. The van der Waals surface area contributed by atoms with Crippen LogP contribution in [0.5, 0.6) is 0 Å². The zero-order chi connectivity index (χ0) is 11.3. The summed E-state index contributed by atoms with van der Waals surface area (Å²) in [6.45, 7) is 13.3. The van der Waals surface area contributed by atoms with E-state index in [0.717, 1.165) is 17.8 Å². The molecule has 1 heterocycles. The van der Waals surface area contributed by atoms with Crippen LogP contribution in [0.4, 0.5) is 0 Å². The summed E-state index contributed by atoms with van der Waals surface area (Å²) in [5.41, 5.74) is 0. The van der Waals surface area contributed by atoms with Crippen molar-refractivity contribution in [3.05, 3.63) is 0 Å². The lowest BCUT2D eigenvalue weighted by molar-refractivity contribution is 0.162. The Morgan fingerprint density at radius 2 is 1.73 bits per heavy atom. The fourth-order valence-electron chi connectivity index (χ4n) is 2.88. The number of rotatable bonds is 5. The van der Waals surface area contributed by atoms with Crippen molar-refractivity contribution >= 4 is 0 Å². The summed E-state index contributed by atoms with van der Waals surface area (Å²) in [5, 5.41) is 0. The van der Waals surface area contributed by atoms with E-state index in [4.69, 9.17) is 0 Å². The van der Waals surface area contributed by atoms with Crippen molar-refractivity contribution in [3.63, 3.8) is 0 Å². The van der Waals surface area contributed by atoms with Crippen molar-refractivity contribution in [2.75, 3.05) is 19.6 Å². The predicted octanol–water partition coefficient (Wildman–Crippen LogP) is 3.79. The van der Waals surface area contributed by atoms with Crippen LogP contribution in [-0.2, 0) is 0 Å². The van der Waals surface area contributed by atoms with Gasteiger partial charge in [0.15, 0.2) is 0 Å². The molecule has 0 amide bonds. The van der Waals surface area contributed by atoms with E-state index in [2.05, 4.69) is 32.6 Å². The van der Waals surface area contributed by atoms with E-state index in [1.54, 1.807) is 0 Å². The highest BCUT2D eigenvalue weighted by Gasteiger charge is 2.22. The molecule has 1 heteroatoms. The molecule has 0 aromatic carbocycles. The maximum absolute atomic E-state index is 2.59. The fourth-order valence-corrected chi connectivity index (χ4v) is 2.88. The molecule has 0 spiro atoms. The van der Waals surface area contributed by atoms with Crippen LogP contribution in [0.15, 0.2) is 0 Å². The minimum absolute atomic E-state index is 0.874. The summed E-state index contributed by atoms with van der Waals surface area (Å²) in [6, 6.07) is 0. The molecule has 90 valence electrons. The first kappa shape index (κ1) is 13.0. The summed E-state index contributed by atoms with van der Waals surface area (Å²) in [7, 11) is 0. The van der Waals surface area contributed by atoms with Crippen LogP contribution in [0, 0.1) is 17.8 Å². The largest absolute Gasteiger partial charge is 0.304 e. The molecule has 1 saturated heterocycles. The van der Waals surface area contributed by atoms with Crippen LogP contribution in [0.1, 0.15) is 53.4 Å². The van der Waals surface area contributed by atoms with E-state index in [1.807, 2.05) is 0 Å². The van der Waals surface area contributed by atoms with Crippen molar-refractivity contribution in [3.8, 4) is 0 Å². The Balaban J connectivity index is 2.28.